The van der Waals surface area contributed by atoms with E-state index in [2.05, 4.69) is 26.5 Å². The molecule has 5 rings (SSSR count). The van der Waals surface area contributed by atoms with Crippen molar-refractivity contribution in [3.05, 3.63) is 93.0 Å². The predicted molar refractivity (Wildman–Crippen MR) is 200 cm³/mol. The summed E-state index contributed by atoms with van der Waals surface area (Å²) in [4.78, 5) is 31.7. The molecule has 3 aromatic carbocycles. The molecule has 2 heterocycles. The predicted octanol–water partition coefficient (Wildman–Crippen LogP) is 6.01. The number of esters is 1. The number of aliphatic hydroxyl groups excluding tert-OH is 1. The van der Waals surface area contributed by atoms with E-state index in [-0.39, 0.29) is 51.4 Å². The molecule has 284 valence electrons. The number of amides is 1. The van der Waals surface area contributed by atoms with E-state index in [4.69, 9.17) is 37.8 Å². The van der Waals surface area contributed by atoms with Crippen LogP contribution in [0, 0.1) is 28.4 Å². The Hall–Kier alpha value is -3.83. The van der Waals surface area contributed by atoms with Gasteiger partial charge in [-0.25, -0.2) is 13.6 Å². The molecule has 14 heteroatoms. The third-order valence-electron chi connectivity index (χ3n) is 9.95. The molecule has 10 nitrogen and oxygen atoms in total. The largest absolute Gasteiger partial charge is 0.495 e. The number of nitriles is 1. The van der Waals surface area contributed by atoms with Gasteiger partial charge in [-0.3, -0.25) is 14.6 Å². The van der Waals surface area contributed by atoms with Crippen LogP contribution in [0.3, 0.4) is 0 Å². The van der Waals surface area contributed by atoms with E-state index in [1.54, 1.807) is 0 Å². The molecule has 0 unspecified atom stereocenters. The van der Waals surface area contributed by atoms with Crippen LogP contribution in [0.2, 0.25) is 10.0 Å². The lowest BCUT2D eigenvalue weighted by Crippen LogP contribution is -2.48. The molecular weight excluding hydrogens is 727 g/mol. The first-order chi connectivity index (χ1) is 25.2. The zero-order valence-corrected chi connectivity index (χ0v) is 31.7. The van der Waals surface area contributed by atoms with Gasteiger partial charge in [0.2, 0.25) is 5.91 Å². The fourth-order valence-electron chi connectivity index (χ4n) is 7.42. The molecule has 0 aromatic heterocycles. The summed E-state index contributed by atoms with van der Waals surface area (Å²) < 4.78 is 43.1. The highest BCUT2D eigenvalue weighted by atomic mass is 35.5. The fraction of sp³-hybridized carbons (Fsp3) is 0.462. The SMILES string of the molecule is COc1cc(C(=O)OCCN2CCN(CCO)CC2)ccc1NC(=O)[C@@H]1N[C@@H](CC(C)(C)C)[C@](C#N)(c2ccc(Cl)cc2F)[C@H]1c1cccc(Cl)c1F. The molecular formula is C39H45Cl2F2N5O5. The van der Waals surface area contributed by atoms with Gasteiger partial charge >= 0.3 is 5.97 Å². The van der Waals surface area contributed by atoms with Gasteiger partial charge in [-0.15, -0.1) is 0 Å². The topological polar surface area (TPSA) is 127 Å². The number of benzene rings is 3. The second-order valence-electron chi connectivity index (χ2n) is 14.6. The van der Waals surface area contributed by atoms with E-state index in [1.807, 2.05) is 20.8 Å². The number of nitrogens with one attached hydrogen (secondary N) is 2. The number of halogens is 4. The minimum Gasteiger partial charge on any atom is -0.495 e. The van der Waals surface area contributed by atoms with E-state index in [9.17, 15) is 14.9 Å². The van der Waals surface area contributed by atoms with Crippen molar-refractivity contribution in [3.8, 4) is 11.8 Å². The third-order valence-corrected chi connectivity index (χ3v) is 10.5. The molecule has 0 bridgehead atoms. The quantitative estimate of drug-likeness (QED) is 0.190. The van der Waals surface area contributed by atoms with Crippen molar-refractivity contribution in [2.75, 3.05) is 64.9 Å². The van der Waals surface area contributed by atoms with E-state index in [0.29, 0.717) is 19.5 Å². The Morgan fingerprint density at radius 2 is 1.75 bits per heavy atom. The molecule has 2 saturated heterocycles. The van der Waals surface area contributed by atoms with Gasteiger partial charge in [0.05, 0.1) is 42.1 Å². The van der Waals surface area contributed by atoms with Crippen LogP contribution in [-0.2, 0) is 14.9 Å². The molecule has 0 radical (unpaired) electrons. The number of nitrogens with zero attached hydrogens (tertiary/aromatic N) is 3. The number of aliphatic hydroxyl groups is 1. The maximum absolute atomic E-state index is 16.0. The smallest absolute Gasteiger partial charge is 0.338 e. The zero-order chi connectivity index (χ0) is 38.5. The molecule has 3 aromatic rings. The van der Waals surface area contributed by atoms with Crippen molar-refractivity contribution in [2.24, 2.45) is 5.41 Å². The summed E-state index contributed by atoms with van der Waals surface area (Å²) in [6, 6.07) is 13.0. The lowest BCUT2D eigenvalue weighted by molar-refractivity contribution is -0.118. The minimum absolute atomic E-state index is 0.0322. The van der Waals surface area contributed by atoms with Crippen molar-refractivity contribution >= 4 is 40.8 Å². The van der Waals surface area contributed by atoms with E-state index in [1.165, 1.54) is 55.6 Å². The number of hydrogen-bond donors (Lipinski definition) is 3. The summed E-state index contributed by atoms with van der Waals surface area (Å²) in [5.41, 5.74) is -1.85. The summed E-state index contributed by atoms with van der Waals surface area (Å²) in [5, 5.41) is 26.3. The Morgan fingerprint density at radius 3 is 2.38 bits per heavy atom. The highest BCUT2D eigenvalue weighted by Gasteiger charge is 2.61. The van der Waals surface area contributed by atoms with Crippen LogP contribution >= 0.6 is 23.2 Å². The maximum atomic E-state index is 16.0. The Kier molecular flexibility index (Phi) is 13.0. The van der Waals surface area contributed by atoms with Gasteiger partial charge < -0.3 is 25.2 Å². The van der Waals surface area contributed by atoms with Crippen LogP contribution in [0.5, 0.6) is 5.75 Å². The number of β-amino-alcohol motifs (C(OH)–C–C–N with tert-alkyl or cyclic N) is 1. The molecule has 1 amide bonds. The van der Waals surface area contributed by atoms with Crippen LogP contribution in [0.15, 0.2) is 54.6 Å². The van der Waals surface area contributed by atoms with Crippen molar-refractivity contribution in [1.82, 2.24) is 15.1 Å². The van der Waals surface area contributed by atoms with Gasteiger partial charge in [0, 0.05) is 61.8 Å². The molecule has 53 heavy (non-hydrogen) atoms. The molecule has 4 atom stereocenters. The minimum atomic E-state index is -1.79. The average molecular weight is 773 g/mol. The van der Waals surface area contributed by atoms with Gasteiger partial charge in [-0.1, -0.05) is 62.2 Å². The summed E-state index contributed by atoms with van der Waals surface area (Å²) in [6.07, 6.45) is 0.311. The normalized spacial score (nSPS) is 22.3. The lowest BCUT2D eigenvalue weighted by atomic mass is 9.62. The van der Waals surface area contributed by atoms with Gasteiger partial charge in [0.1, 0.15) is 29.4 Å². The molecule has 3 N–H and O–H groups in total. The number of carbonyl (C=O) groups is 2. The highest BCUT2D eigenvalue weighted by Crippen LogP contribution is 2.53. The van der Waals surface area contributed by atoms with Crippen LogP contribution in [0.25, 0.3) is 0 Å². The van der Waals surface area contributed by atoms with Gasteiger partial charge in [0.25, 0.3) is 0 Å². The molecule has 2 fully saturated rings. The van der Waals surface area contributed by atoms with E-state index in [0.717, 1.165) is 32.2 Å². The van der Waals surface area contributed by atoms with Gasteiger partial charge in [0.15, 0.2) is 0 Å². The van der Waals surface area contributed by atoms with Gasteiger partial charge in [-0.2, -0.15) is 5.26 Å². The van der Waals surface area contributed by atoms with E-state index < -0.39 is 52.3 Å². The average Bonchev–Trinajstić information content (AvgIpc) is 3.43. The van der Waals surface area contributed by atoms with Crippen molar-refractivity contribution in [3.63, 3.8) is 0 Å². The first-order valence-electron chi connectivity index (χ1n) is 17.5. The molecule has 0 aliphatic carbocycles. The second kappa shape index (κ2) is 17.1. The number of methoxy groups -OCH3 is 1. The number of piperazine rings is 1. The maximum Gasteiger partial charge on any atom is 0.338 e. The summed E-state index contributed by atoms with van der Waals surface area (Å²) in [6.45, 7) is 10.6. The molecule has 0 saturated carbocycles. The van der Waals surface area contributed by atoms with Gasteiger partial charge in [-0.05, 0) is 53.8 Å². The van der Waals surface area contributed by atoms with Crippen LogP contribution in [0.4, 0.5) is 14.5 Å². The molecule has 0 spiro atoms. The number of anilines is 1. The monoisotopic (exact) mass is 771 g/mol. The van der Waals surface area contributed by atoms with Crippen molar-refractivity contribution in [1.29, 1.82) is 5.26 Å². The Morgan fingerprint density at radius 1 is 1.06 bits per heavy atom. The Bertz CT molecular complexity index is 1850. The second-order valence-corrected chi connectivity index (χ2v) is 15.5. The Labute approximate surface area is 318 Å². The number of rotatable bonds is 12. The molecule has 2 aliphatic rings. The zero-order valence-electron chi connectivity index (χ0n) is 30.2. The number of carbonyl (C=O) groups excluding carboxylic acids is 2. The highest BCUT2D eigenvalue weighted by molar-refractivity contribution is 6.31. The van der Waals surface area contributed by atoms with E-state index >= 15 is 8.78 Å². The van der Waals surface area contributed by atoms with Crippen LogP contribution < -0.4 is 15.4 Å². The third kappa shape index (κ3) is 8.94. The number of hydrogen-bond acceptors (Lipinski definition) is 9. The first kappa shape index (κ1) is 40.4. The van der Waals surface area contributed by atoms with Crippen LogP contribution in [-0.4, -0.2) is 98.5 Å². The lowest BCUT2D eigenvalue weighted by Gasteiger charge is -2.37. The van der Waals surface area contributed by atoms with Crippen molar-refractivity contribution < 1.29 is 33.0 Å². The Balaban J connectivity index is 1.43. The van der Waals surface area contributed by atoms with Crippen LogP contribution in [0.1, 0.15) is 54.6 Å². The standard InChI is InChI=1S/C39H45Cl2F2N5O5/c1-38(2,3)22-32-39(23-44,27-10-9-25(40)21-29(27)42)33(26-6-5-7-28(41)34(26)43)35(46-32)36(50)45-30-11-8-24(20-31(30)52-4)37(51)53-19-17-48-14-12-47(13-15-48)16-18-49/h5-11,20-21,32-33,35,46,49H,12-19,22H2,1-4H3,(H,45,50)/t32-,33-,35+,39-/m0/s1. The first-order valence-corrected chi connectivity index (χ1v) is 18.3. The molecule has 2 aliphatic heterocycles. The summed E-state index contributed by atoms with van der Waals surface area (Å²) >= 11 is 12.4. The summed E-state index contributed by atoms with van der Waals surface area (Å²) in [7, 11) is 1.39. The summed E-state index contributed by atoms with van der Waals surface area (Å²) in [5.74, 6) is -3.90. The van der Waals surface area contributed by atoms with Crippen molar-refractivity contribution in [2.45, 2.75) is 50.6 Å². The fourth-order valence-corrected chi connectivity index (χ4v) is 7.76. The number of ether oxygens (including phenoxy) is 2.